The summed E-state index contributed by atoms with van der Waals surface area (Å²) in [4.78, 5) is 37.8. The molecule has 1 aliphatic carbocycles. The average molecular weight is 500 g/mol. The molecule has 0 radical (unpaired) electrons. The molecule has 0 spiro atoms. The fraction of sp³-hybridized carbons (Fsp3) is 0.440. The molecule has 2 aliphatic rings. The first kappa shape index (κ1) is 24.1. The molecule has 2 atom stereocenters. The van der Waals surface area contributed by atoms with Gasteiger partial charge in [-0.1, -0.05) is 6.07 Å². The number of fused-ring (bicyclic) bond motifs is 1. The summed E-state index contributed by atoms with van der Waals surface area (Å²) >= 11 is 0. The number of nitrogens with zero attached hydrogens (tertiary/aromatic N) is 3. The zero-order chi connectivity index (χ0) is 25.6. The topological polar surface area (TPSA) is 120 Å². The van der Waals surface area contributed by atoms with Crippen LogP contribution in [0.15, 0.2) is 18.5 Å². The third-order valence-electron chi connectivity index (χ3n) is 6.76. The van der Waals surface area contributed by atoms with Crippen molar-refractivity contribution >= 4 is 22.8 Å². The molecule has 1 saturated carbocycles. The molecule has 3 N–H and O–H groups in total. The predicted octanol–water partition coefficient (Wildman–Crippen LogP) is 2.44. The van der Waals surface area contributed by atoms with Gasteiger partial charge >= 0.3 is 0 Å². The highest BCUT2D eigenvalue weighted by Gasteiger charge is 2.37. The van der Waals surface area contributed by atoms with Crippen molar-refractivity contribution < 1.29 is 28.2 Å². The second kappa shape index (κ2) is 9.45. The van der Waals surface area contributed by atoms with E-state index in [-0.39, 0.29) is 35.4 Å². The molecule has 0 unspecified atom stereocenters. The number of carbonyl (C=O) groups is 2. The van der Waals surface area contributed by atoms with Gasteiger partial charge in [-0.15, -0.1) is 0 Å². The van der Waals surface area contributed by atoms with E-state index in [4.69, 9.17) is 9.84 Å². The SMILES string of the molecule is Cc1ccc(OCC2CC2)c(-c2ncnc3c(C(=O)N[C@@H]4CN(C(=O)CO)C[C@H]4F)c(C)[nH]c23)c1F. The molecule has 3 aromatic rings. The number of amides is 2. The van der Waals surface area contributed by atoms with Gasteiger partial charge in [-0.3, -0.25) is 9.59 Å². The van der Waals surface area contributed by atoms with Gasteiger partial charge in [-0.05, 0) is 44.2 Å². The number of likely N-dealkylation sites (tertiary alicyclic amines) is 1. The number of aryl methyl sites for hydroxylation is 2. The van der Waals surface area contributed by atoms with Crippen LogP contribution in [0.2, 0.25) is 0 Å². The van der Waals surface area contributed by atoms with E-state index in [2.05, 4.69) is 20.3 Å². The summed E-state index contributed by atoms with van der Waals surface area (Å²) in [6, 6.07) is 2.43. The van der Waals surface area contributed by atoms with Gasteiger partial charge in [0.25, 0.3) is 5.91 Å². The molecule has 11 heteroatoms. The summed E-state index contributed by atoms with van der Waals surface area (Å²) < 4.78 is 35.9. The number of rotatable bonds is 7. The van der Waals surface area contributed by atoms with Crippen LogP contribution in [0.25, 0.3) is 22.3 Å². The third-order valence-corrected chi connectivity index (χ3v) is 6.76. The van der Waals surface area contributed by atoms with E-state index in [0.29, 0.717) is 35.0 Å². The molecule has 5 rings (SSSR count). The Morgan fingerprint density at radius 2 is 2.03 bits per heavy atom. The van der Waals surface area contributed by atoms with Crippen LogP contribution < -0.4 is 10.1 Å². The van der Waals surface area contributed by atoms with Crippen LogP contribution in [0.4, 0.5) is 8.78 Å². The summed E-state index contributed by atoms with van der Waals surface area (Å²) in [6.45, 7) is 2.82. The Kier molecular flexibility index (Phi) is 6.33. The predicted molar refractivity (Wildman–Crippen MR) is 127 cm³/mol. The van der Waals surface area contributed by atoms with Gasteiger partial charge in [0.15, 0.2) is 0 Å². The summed E-state index contributed by atoms with van der Waals surface area (Å²) in [6.07, 6.45) is 1.95. The Balaban J connectivity index is 1.49. The molecule has 36 heavy (non-hydrogen) atoms. The van der Waals surface area contributed by atoms with Gasteiger partial charge in [0, 0.05) is 12.2 Å². The van der Waals surface area contributed by atoms with E-state index >= 15 is 4.39 Å². The molecule has 1 aliphatic heterocycles. The van der Waals surface area contributed by atoms with Gasteiger partial charge in [0.05, 0.1) is 35.8 Å². The molecule has 9 nitrogen and oxygen atoms in total. The normalized spacial score (nSPS) is 19.6. The van der Waals surface area contributed by atoms with Crippen LogP contribution in [-0.2, 0) is 4.79 Å². The Morgan fingerprint density at radius 1 is 1.25 bits per heavy atom. The summed E-state index contributed by atoms with van der Waals surface area (Å²) in [5.74, 6) is -0.821. The second-order valence-electron chi connectivity index (χ2n) is 9.45. The van der Waals surface area contributed by atoms with E-state index in [1.54, 1.807) is 26.0 Å². The largest absolute Gasteiger partial charge is 0.492 e. The highest BCUT2D eigenvalue weighted by molar-refractivity contribution is 6.09. The zero-order valence-corrected chi connectivity index (χ0v) is 20.0. The number of carbonyl (C=O) groups excluding carboxylic acids is 2. The summed E-state index contributed by atoms with van der Waals surface area (Å²) in [5, 5.41) is 11.7. The molecular weight excluding hydrogens is 472 g/mol. The number of hydrogen-bond acceptors (Lipinski definition) is 6. The van der Waals surface area contributed by atoms with Crippen LogP contribution >= 0.6 is 0 Å². The molecule has 190 valence electrons. The van der Waals surface area contributed by atoms with E-state index in [0.717, 1.165) is 12.8 Å². The highest BCUT2D eigenvalue weighted by Crippen LogP contribution is 2.39. The molecular formula is C25H27F2N5O4. The Labute approximate surface area is 205 Å². The Morgan fingerprint density at radius 3 is 2.75 bits per heavy atom. The highest BCUT2D eigenvalue weighted by atomic mass is 19.1. The van der Waals surface area contributed by atoms with Crippen LogP contribution in [0, 0.1) is 25.6 Å². The third kappa shape index (κ3) is 4.39. The van der Waals surface area contributed by atoms with Crippen molar-refractivity contribution in [2.45, 2.75) is 38.9 Å². The minimum Gasteiger partial charge on any atom is -0.492 e. The maximum Gasteiger partial charge on any atom is 0.255 e. The summed E-state index contributed by atoms with van der Waals surface area (Å²) in [5.41, 5.74) is 2.14. The van der Waals surface area contributed by atoms with Crippen LogP contribution in [0.3, 0.4) is 0 Å². The molecule has 0 bridgehead atoms. The number of alkyl halides is 1. The average Bonchev–Trinajstić information content (AvgIpc) is 3.53. The minimum absolute atomic E-state index is 0.0515. The lowest BCUT2D eigenvalue weighted by Crippen LogP contribution is -2.42. The maximum atomic E-state index is 15.4. The molecule has 3 heterocycles. The van der Waals surface area contributed by atoms with E-state index in [1.165, 1.54) is 11.2 Å². The van der Waals surface area contributed by atoms with Crippen LogP contribution in [0.1, 0.15) is 34.5 Å². The standard InChI is InChI=1S/C25H27F2N5O4/c1-12-3-6-17(36-10-14-4-5-14)20(21(12)27)23-24-22(28-11-29-23)19(13(2)30-24)25(35)31-16-8-32(7-15(16)26)18(34)9-33/h3,6,11,14-16,30,33H,4-5,7-10H2,1-2H3,(H,31,35)/t15-,16-/m1/s1. The van der Waals surface area contributed by atoms with Crippen molar-refractivity contribution in [1.29, 1.82) is 0 Å². The number of benzene rings is 1. The van der Waals surface area contributed by atoms with Crippen molar-refractivity contribution in [2.24, 2.45) is 5.92 Å². The fourth-order valence-corrected chi connectivity index (χ4v) is 4.53. The monoisotopic (exact) mass is 499 g/mol. The Hall–Kier alpha value is -3.60. The number of H-pyrrole nitrogens is 1. The molecule has 2 fully saturated rings. The lowest BCUT2D eigenvalue weighted by molar-refractivity contribution is -0.133. The van der Waals surface area contributed by atoms with Crippen molar-refractivity contribution in [3.05, 3.63) is 41.1 Å². The quantitative estimate of drug-likeness (QED) is 0.459. The first-order valence-corrected chi connectivity index (χ1v) is 11.9. The van der Waals surface area contributed by atoms with Gasteiger partial charge in [-0.2, -0.15) is 0 Å². The number of aliphatic hydroxyl groups is 1. The molecule has 2 aromatic heterocycles. The van der Waals surface area contributed by atoms with Crippen molar-refractivity contribution in [3.8, 4) is 17.0 Å². The molecule has 1 saturated heterocycles. The number of aromatic amines is 1. The minimum atomic E-state index is -1.48. The second-order valence-corrected chi connectivity index (χ2v) is 9.45. The van der Waals surface area contributed by atoms with E-state index in [9.17, 15) is 14.0 Å². The smallest absolute Gasteiger partial charge is 0.255 e. The lowest BCUT2D eigenvalue weighted by atomic mass is 10.0. The van der Waals surface area contributed by atoms with Crippen molar-refractivity contribution in [3.63, 3.8) is 0 Å². The first-order chi connectivity index (χ1) is 17.3. The van der Waals surface area contributed by atoms with Gasteiger partial charge < -0.3 is 25.0 Å². The first-order valence-electron chi connectivity index (χ1n) is 11.9. The fourth-order valence-electron chi connectivity index (χ4n) is 4.53. The van der Waals surface area contributed by atoms with Crippen molar-refractivity contribution in [1.82, 2.24) is 25.2 Å². The van der Waals surface area contributed by atoms with Gasteiger partial charge in [0.2, 0.25) is 5.91 Å². The number of nitrogens with one attached hydrogen (secondary N) is 2. The number of aromatic nitrogens is 3. The lowest BCUT2D eigenvalue weighted by Gasteiger charge is -2.16. The number of halogens is 2. The molecule has 1 aromatic carbocycles. The maximum absolute atomic E-state index is 15.4. The number of hydrogen-bond donors (Lipinski definition) is 3. The van der Waals surface area contributed by atoms with Crippen molar-refractivity contribution in [2.75, 3.05) is 26.3 Å². The van der Waals surface area contributed by atoms with Gasteiger partial charge in [0.1, 0.15) is 41.9 Å². The van der Waals surface area contributed by atoms with E-state index < -0.39 is 36.5 Å². The van der Waals surface area contributed by atoms with Crippen LogP contribution in [0.5, 0.6) is 5.75 Å². The number of aliphatic hydroxyl groups excluding tert-OH is 1. The zero-order valence-electron chi connectivity index (χ0n) is 20.0. The van der Waals surface area contributed by atoms with E-state index in [1.807, 2.05) is 0 Å². The van der Waals surface area contributed by atoms with Crippen LogP contribution in [-0.4, -0.2) is 75.3 Å². The number of ether oxygens (including phenoxy) is 1. The van der Waals surface area contributed by atoms with Gasteiger partial charge in [-0.25, -0.2) is 18.7 Å². The molecule has 2 amide bonds. The Bertz CT molecular complexity index is 1340. The summed E-state index contributed by atoms with van der Waals surface area (Å²) in [7, 11) is 0.